The Labute approximate surface area is 159 Å². The van der Waals surface area contributed by atoms with E-state index in [4.69, 9.17) is 4.74 Å². The summed E-state index contributed by atoms with van der Waals surface area (Å²) in [6, 6.07) is 21.2. The molecule has 0 atom stereocenters. The van der Waals surface area contributed by atoms with E-state index in [1.807, 2.05) is 30.3 Å². The Hall–Kier alpha value is -3.54. The van der Waals surface area contributed by atoms with E-state index in [9.17, 15) is 18.0 Å². The van der Waals surface area contributed by atoms with Gasteiger partial charge in [-0.15, -0.1) is 13.2 Å². The second-order valence-corrected chi connectivity index (χ2v) is 5.75. The molecule has 0 aliphatic heterocycles. The van der Waals surface area contributed by atoms with Gasteiger partial charge in [0.1, 0.15) is 17.2 Å². The van der Waals surface area contributed by atoms with Crippen molar-refractivity contribution in [2.45, 2.75) is 6.36 Å². The van der Waals surface area contributed by atoms with E-state index >= 15 is 0 Å². The van der Waals surface area contributed by atoms with Gasteiger partial charge in [-0.05, 0) is 60.2 Å². The van der Waals surface area contributed by atoms with Crippen LogP contribution in [0.25, 0.3) is 6.08 Å². The van der Waals surface area contributed by atoms with Gasteiger partial charge in [-0.25, -0.2) is 0 Å². The maximum absolute atomic E-state index is 12.2. The van der Waals surface area contributed by atoms with Gasteiger partial charge in [0.25, 0.3) is 0 Å². The fourth-order valence-electron chi connectivity index (χ4n) is 2.36. The highest BCUT2D eigenvalue weighted by Crippen LogP contribution is 2.23. The van der Waals surface area contributed by atoms with Crippen LogP contribution in [0.3, 0.4) is 0 Å². The van der Waals surface area contributed by atoms with Crippen molar-refractivity contribution in [3.05, 3.63) is 96.1 Å². The van der Waals surface area contributed by atoms with E-state index in [1.165, 1.54) is 36.4 Å². The maximum Gasteiger partial charge on any atom is 0.573 e. The van der Waals surface area contributed by atoms with E-state index in [-0.39, 0.29) is 11.5 Å². The average molecular weight is 384 g/mol. The van der Waals surface area contributed by atoms with Crippen LogP contribution in [0.2, 0.25) is 0 Å². The topological polar surface area (TPSA) is 35.5 Å². The molecule has 3 aromatic carbocycles. The monoisotopic (exact) mass is 384 g/mol. The molecule has 0 unspecified atom stereocenters. The summed E-state index contributed by atoms with van der Waals surface area (Å²) in [5.74, 6) is 0.748. The van der Waals surface area contributed by atoms with Crippen LogP contribution in [0.5, 0.6) is 17.2 Å². The minimum absolute atomic E-state index is 0.234. The molecule has 3 rings (SSSR count). The number of hydrogen-bond acceptors (Lipinski definition) is 3. The Kier molecular flexibility index (Phi) is 5.79. The molecule has 3 aromatic rings. The molecule has 0 aromatic heterocycles. The molecule has 0 amide bonds. The molecule has 0 radical (unpaired) electrons. The standard InChI is InChI=1S/C22H15F3O3/c23-22(24,25)28-20-11-6-16(7-12-20)8-15-21(26)17-9-13-19(14-10-17)27-18-4-2-1-3-5-18/h1-15H. The lowest BCUT2D eigenvalue weighted by Crippen LogP contribution is -2.16. The molecule has 0 heterocycles. The third-order valence-corrected chi connectivity index (χ3v) is 3.66. The molecule has 0 N–H and O–H groups in total. The molecular formula is C22H15F3O3. The number of para-hydroxylation sites is 1. The number of carbonyl (C=O) groups excluding carboxylic acids is 1. The lowest BCUT2D eigenvalue weighted by Gasteiger charge is -2.08. The zero-order valence-electron chi connectivity index (χ0n) is 14.5. The number of halogens is 3. The van der Waals surface area contributed by atoms with Crippen molar-refractivity contribution in [2.24, 2.45) is 0 Å². The minimum Gasteiger partial charge on any atom is -0.457 e. The summed E-state index contributed by atoms with van der Waals surface area (Å²) in [5, 5.41) is 0. The van der Waals surface area contributed by atoms with Gasteiger partial charge in [0.2, 0.25) is 0 Å². The summed E-state index contributed by atoms with van der Waals surface area (Å²) in [6.45, 7) is 0. The van der Waals surface area contributed by atoms with Gasteiger partial charge in [-0.3, -0.25) is 4.79 Å². The summed E-state index contributed by atoms with van der Waals surface area (Å²) in [7, 11) is 0. The van der Waals surface area contributed by atoms with E-state index in [0.29, 0.717) is 22.6 Å². The summed E-state index contributed by atoms with van der Waals surface area (Å²) in [4.78, 5) is 12.2. The Morgan fingerprint density at radius 1 is 0.750 bits per heavy atom. The molecule has 0 aliphatic rings. The highest BCUT2D eigenvalue weighted by molar-refractivity contribution is 6.06. The third kappa shape index (κ3) is 5.74. The molecule has 0 saturated heterocycles. The molecule has 6 heteroatoms. The van der Waals surface area contributed by atoms with Crippen molar-refractivity contribution in [1.29, 1.82) is 0 Å². The first-order valence-corrected chi connectivity index (χ1v) is 8.30. The van der Waals surface area contributed by atoms with Crippen LogP contribution in [0.4, 0.5) is 13.2 Å². The van der Waals surface area contributed by atoms with E-state index in [1.54, 1.807) is 24.3 Å². The summed E-state index contributed by atoms with van der Waals surface area (Å²) < 4.78 is 45.9. The SMILES string of the molecule is O=C(C=Cc1ccc(OC(F)(F)F)cc1)c1ccc(Oc2ccccc2)cc1. The smallest absolute Gasteiger partial charge is 0.457 e. The van der Waals surface area contributed by atoms with Crippen molar-refractivity contribution in [3.63, 3.8) is 0 Å². The lowest BCUT2D eigenvalue weighted by atomic mass is 10.1. The van der Waals surface area contributed by atoms with Crippen LogP contribution >= 0.6 is 0 Å². The number of rotatable bonds is 6. The van der Waals surface area contributed by atoms with Gasteiger partial charge in [-0.1, -0.05) is 36.4 Å². The predicted molar refractivity (Wildman–Crippen MR) is 99.4 cm³/mol. The van der Waals surface area contributed by atoms with Crippen molar-refractivity contribution in [1.82, 2.24) is 0 Å². The molecule has 142 valence electrons. The summed E-state index contributed by atoms with van der Waals surface area (Å²) in [5.41, 5.74) is 1.04. The van der Waals surface area contributed by atoms with E-state index < -0.39 is 6.36 Å². The van der Waals surface area contributed by atoms with Crippen LogP contribution in [-0.2, 0) is 0 Å². The zero-order valence-corrected chi connectivity index (χ0v) is 14.5. The highest BCUT2D eigenvalue weighted by Gasteiger charge is 2.30. The number of alkyl halides is 3. The Morgan fingerprint density at radius 2 is 1.32 bits per heavy atom. The van der Waals surface area contributed by atoms with Crippen molar-refractivity contribution in [2.75, 3.05) is 0 Å². The predicted octanol–water partition coefficient (Wildman–Crippen LogP) is 6.27. The number of allylic oxidation sites excluding steroid dienone is 1. The Bertz CT molecular complexity index is 945. The lowest BCUT2D eigenvalue weighted by molar-refractivity contribution is -0.274. The van der Waals surface area contributed by atoms with Gasteiger partial charge >= 0.3 is 6.36 Å². The first-order chi connectivity index (χ1) is 13.4. The molecule has 3 nitrogen and oxygen atoms in total. The summed E-state index contributed by atoms with van der Waals surface area (Å²) in [6.07, 6.45) is -1.86. The van der Waals surface area contributed by atoms with Crippen molar-refractivity contribution >= 4 is 11.9 Å². The maximum atomic E-state index is 12.2. The van der Waals surface area contributed by atoms with Crippen molar-refractivity contribution < 1.29 is 27.4 Å². The van der Waals surface area contributed by atoms with Gasteiger partial charge in [0.15, 0.2) is 5.78 Å². The number of ether oxygens (including phenoxy) is 2. The van der Waals surface area contributed by atoms with Crippen molar-refractivity contribution in [3.8, 4) is 17.2 Å². The largest absolute Gasteiger partial charge is 0.573 e. The zero-order chi connectivity index (χ0) is 20.0. The molecule has 0 saturated carbocycles. The van der Waals surface area contributed by atoms with Crippen LogP contribution < -0.4 is 9.47 Å². The van der Waals surface area contributed by atoms with Crippen LogP contribution in [-0.4, -0.2) is 12.1 Å². The average Bonchev–Trinajstić information content (AvgIpc) is 2.67. The normalized spacial score (nSPS) is 11.4. The summed E-state index contributed by atoms with van der Waals surface area (Å²) >= 11 is 0. The van der Waals surface area contributed by atoms with Crippen LogP contribution in [0.1, 0.15) is 15.9 Å². The quantitative estimate of drug-likeness (QED) is 0.371. The third-order valence-electron chi connectivity index (χ3n) is 3.66. The Morgan fingerprint density at radius 3 is 1.93 bits per heavy atom. The highest BCUT2D eigenvalue weighted by atomic mass is 19.4. The fraction of sp³-hybridized carbons (Fsp3) is 0.0455. The first kappa shape index (κ1) is 19.2. The second-order valence-electron chi connectivity index (χ2n) is 5.75. The second kappa shape index (κ2) is 8.43. The van der Waals surface area contributed by atoms with Gasteiger partial charge < -0.3 is 9.47 Å². The van der Waals surface area contributed by atoms with Gasteiger partial charge in [0.05, 0.1) is 0 Å². The van der Waals surface area contributed by atoms with Crippen LogP contribution in [0, 0.1) is 0 Å². The minimum atomic E-state index is -4.73. The van der Waals surface area contributed by atoms with Gasteiger partial charge in [0, 0.05) is 5.56 Å². The van der Waals surface area contributed by atoms with E-state index in [0.717, 1.165) is 0 Å². The number of ketones is 1. The first-order valence-electron chi connectivity index (χ1n) is 8.30. The molecule has 0 fully saturated rings. The Balaban J connectivity index is 1.61. The molecule has 0 spiro atoms. The number of carbonyl (C=O) groups is 1. The van der Waals surface area contributed by atoms with E-state index in [2.05, 4.69) is 4.74 Å². The molecule has 0 bridgehead atoms. The van der Waals surface area contributed by atoms with Crippen LogP contribution in [0.15, 0.2) is 84.9 Å². The molecular weight excluding hydrogens is 369 g/mol. The molecule has 28 heavy (non-hydrogen) atoms. The number of hydrogen-bond donors (Lipinski definition) is 0. The number of benzene rings is 3. The van der Waals surface area contributed by atoms with Gasteiger partial charge in [-0.2, -0.15) is 0 Å². The fourth-order valence-corrected chi connectivity index (χ4v) is 2.36. The molecule has 0 aliphatic carbocycles.